The van der Waals surface area contributed by atoms with Crippen molar-refractivity contribution in [2.75, 3.05) is 19.6 Å². The smallest absolute Gasteiger partial charge is 0.309 e. The van der Waals surface area contributed by atoms with Gasteiger partial charge in [0.2, 0.25) is 0 Å². The molecule has 1 aromatic carbocycles. The van der Waals surface area contributed by atoms with Gasteiger partial charge in [-0.1, -0.05) is 30.3 Å². The summed E-state index contributed by atoms with van der Waals surface area (Å²) in [5.41, 5.74) is 0.987. The Bertz CT molecular complexity index is 470. The molecule has 0 saturated carbocycles. The fourth-order valence-corrected chi connectivity index (χ4v) is 2.60. The third kappa shape index (κ3) is 4.86. The molecule has 0 spiro atoms. The number of hydrogen-bond acceptors (Lipinski definition) is 2. The lowest BCUT2D eigenvalue weighted by molar-refractivity contribution is -0.664. The molecule has 0 unspecified atom stereocenters. The molecule has 1 heterocycles. The van der Waals surface area contributed by atoms with E-state index in [-0.39, 0.29) is 6.04 Å². The first-order chi connectivity index (χ1) is 10.2. The van der Waals surface area contributed by atoms with Crippen LogP contribution in [0, 0.1) is 5.92 Å². The van der Waals surface area contributed by atoms with Crippen LogP contribution in [0.2, 0.25) is 0 Å². The maximum absolute atomic E-state index is 11.9. The van der Waals surface area contributed by atoms with Crippen LogP contribution in [-0.4, -0.2) is 31.4 Å². The molecule has 2 amide bonds. The Kier molecular flexibility index (Phi) is 5.75. The van der Waals surface area contributed by atoms with Gasteiger partial charge >= 0.3 is 11.8 Å². The number of hydrogen-bond donors (Lipinski definition) is 3. The number of carbonyl (C=O) groups is 2. The summed E-state index contributed by atoms with van der Waals surface area (Å²) in [5, 5.41) is 7.75. The van der Waals surface area contributed by atoms with Crippen molar-refractivity contribution in [1.29, 1.82) is 0 Å². The molecule has 5 nitrogen and oxygen atoms in total. The average Bonchev–Trinajstić information content (AvgIpc) is 2.54. The predicted molar refractivity (Wildman–Crippen MR) is 80.4 cm³/mol. The Hall–Kier alpha value is -1.88. The molecule has 1 fully saturated rings. The minimum absolute atomic E-state index is 0.172. The third-order valence-electron chi connectivity index (χ3n) is 3.96. The number of amides is 2. The van der Waals surface area contributed by atoms with Crippen molar-refractivity contribution in [1.82, 2.24) is 10.6 Å². The van der Waals surface area contributed by atoms with Gasteiger partial charge in [-0.2, -0.15) is 0 Å². The fraction of sp³-hybridized carbons (Fsp3) is 0.500. The molecule has 0 radical (unpaired) electrons. The molecule has 4 N–H and O–H groups in total. The van der Waals surface area contributed by atoms with Crippen molar-refractivity contribution in [2.45, 2.75) is 25.8 Å². The summed E-state index contributed by atoms with van der Waals surface area (Å²) in [5.74, 6) is -0.598. The zero-order valence-electron chi connectivity index (χ0n) is 12.5. The SMILES string of the molecule is C[C@@H](NC(=O)C(=O)NCC1CC[NH2+]CC1)c1ccccc1. The highest BCUT2D eigenvalue weighted by molar-refractivity contribution is 6.35. The summed E-state index contributed by atoms with van der Waals surface area (Å²) in [6.45, 7) is 4.69. The highest BCUT2D eigenvalue weighted by Gasteiger charge is 2.20. The molecule has 1 aromatic rings. The van der Waals surface area contributed by atoms with E-state index in [4.69, 9.17) is 0 Å². The van der Waals surface area contributed by atoms with Crippen molar-refractivity contribution >= 4 is 11.8 Å². The molecule has 114 valence electrons. The number of nitrogens with two attached hydrogens (primary N) is 1. The molecular formula is C16H24N3O2+. The van der Waals surface area contributed by atoms with Gasteiger partial charge in [0.25, 0.3) is 0 Å². The van der Waals surface area contributed by atoms with Gasteiger partial charge in [0.15, 0.2) is 0 Å². The number of benzene rings is 1. The van der Waals surface area contributed by atoms with Crippen LogP contribution in [0.5, 0.6) is 0 Å². The number of rotatable bonds is 4. The molecule has 0 aromatic heterocycles. The number of piperidine rings is 1. The van der Waals surface area contributed by atoms with Gasteiger partial charge in [0.05, 0.1) is 19.1 Å². The molecular weight excluding hydrogens is 266 g/mol. The van der Waals surface area contributed by atoms with E-state index in [0.29, 0.717) is 12.5 Å². The maximum atomic E-state index is 11.9. The second-order valence-electron chi connectivity index (χ2n) is 5.63. The lowest BCUT2D eigenvalue weighted by Crippen LogP contribution is -2.86. The Morgan fingerprint density at radius 2 is 1.86 bits per heavy atom. The van der Waals surface area contributed by atoms with Gasteiger partial charge in [-0.15, -0.1) is 0 Å². The lowest BCUT2D eigenvalue weighted by atomic mass is 9.98. The van der Waals surface area contributed by atoms with E-state index in [2.05, 4.69) is 16.0 Å². The van der Waals surface area contributed by atoms with Crippen LogP contribution in [0.25, 0.3) is 0 Å². The first-order valence-electron chi connectivity index (χ1n) is 7.62. The Morgan fingerprint density at radius 1 is 1.19 bits per heavy atom. The fourth-order valence-electron chi connectivity index (χ4n) is 2.60. The highest BCUT2D eigenvalue weighted by atomic mass is 16.2. The first kappa shape index (κ1) is 15.5. The van der Waals surface area contributed by atoms with Crippen molar-refractivity contribution < 1.29 is 14.9 Å². The Morgan fingerprint density at radius 3 is 2.52 bits per heavy atom. The summed E-state index contributed by atoms with van der Waals surface area (Å²) in [6.07, 6.45) is 2.20. The Labute approximate surface area is 125 Å². The van der Waals surface area contributed by atoms with Gasteiger partial charge < -0.3 is 16.0 Å². The monoisotopic (exact) mass is 290 g/mol. The molecule has 1 aliphatic rings. The number of carbonyl (C=O) groups excluding carboxylic acids is 2. The van der Waals surface area contributed by atoms with E-state index < -0.39 is 11.8 Å². The summed E-state index contributed by atoms with van der Waals surface area (Å²) >= 11 is 0. The van der Waals surface area contributed by atoms with Gasteiger partial charge in [0.1, 0.15) is 0 Å². The van der Waals surface area contributed by atoms with Gasteiger partial charge in [-0.05, 0) is 18.4 Å². The minimum Gasteiger partial charge on any atom is -0.348 e. The minimum atomic E-state index is -0.561. The zero-order chi connectivity index (χ0) is 15.1. The van der Waals surface area contributed by atoms with Crippen LogP contribution in [-0.2, 0) is 9.59 Å². The van der Waals surface area contributed by atoms with E-state index in [1.54, 1.807) is 0 Å². The molecule has 0 aliphatic carbocycles. The standard InChI is InChI=1S/C16H23N3O2/c1-12(14-5-3-2-4-6-14)19-16(21)15(20)18-11-13-7-9-17-10-8-13/h2-6,12-13,17H,7-11H2,1H3,(H,18,20)(H,19,21)/p+1/t12-/m1/s1. The quantitative estimate of drug-likeness (QED) is 0.680. The lowest BCUT2D eigenvalue weighted by Gasteiger charge is -2.20. The van der Waals surface area contributed by atoms with E-state index in [1.807, 2.05) is 37.3 Å². The topological polar surface area (TPSA) is 74.8 Å². The molecule has 5 heteroatoms. The van der Waals surface area contributed by atoms with Gasteiger partial charge in [-0.3, -0.25) is 9.59 Å². The van der Waals surface area contributed by atoms with Gasteiger partial charge in [-0.25, -0.2) is 0 Å². The van der Waals surface area contributed by atoms with E-state index in [9.17, 15) is 9.59 Å². The molecule has 2 rings (SSSR count). The van der Waals surface area contributed by atoms with Crippen LogP contribution < -0.4 is 16.0 Å². The molecule has 1 atom stereocenters. The van der Waals surface area contributed by atoms with Crippen LogP contribution >= 0.6 is 0 Å². The van der Waals surface area contributed by atoms with E-state index >= 15 is 0 Å². The molecule has 21 heavy (non-hydrogen) atoms. The van der Waals surface area contributed by atoms with E-state index in [1.165, 1.54) is 0 Å². The van der Waals surface area contributed by atoms with Crippen LogP contribution in [0.1, 0.15) is 31.4 Å². The number of nitrogens with one attached hydrogen (secondary N) is 2. The van der Waals surface area contributed by atoms with E-state index in [0.717, 1.165) is 31.5 Å². The van der Waals surface area contributed by atoms with Crippen molar-refractivity contribution in [2.24, 2.45) is 5.92 Å². The second kappa shape index (κ2) is 7.78. The second-order valence-corrected chi connectivity index (χ2v) is 5.63. The molecule has 1 aliphatic heterocycles. The summed E-state index contributed by atoms with van der Waals surface area (Å²) in [7, 11) is 0. The van der Waals surface area contributed by atoms with Crippen molar-refractivity contribution in [3.05, 3.63) is 35.9 Å². The van der Waals surface area contributed by atoms with Gasteiger partial charge in [0, 0.05) is 19.4 Å². The maximum Gasteiger partial charge on any atom is 0.309 e. The Balaban J connectivity index is 1.75. The largest absolute Gasteiger partial charge is 0.348 e. The zero-order valence-corrected chi connectivity index (χ0v) is 12.5. The molecule has 1 saturated heterocycles. The average molecular weight is 290 g/mol. The number of quaternary nitrogens is 1. The first-order valence-corrected chi connectivity index (χ1v) is 7.62. The van der Waals surface area contributed by atoms with Crippen molar-refractivity contribution in [3.8, 4) is 0 Å². The highest BCUT2D eigenvalue weighted by Crippen LogP contribution is 2.11. The summed E-state index contributed by atoms with van der Waals surface area (Å²) in [6, 6.07) is 9.44. The van der Waals surface area contributed by atoms with Crippen LogP contribution in [0.3, 0.4) is 0 Å². The van der Waals surface area contributed by atoms with Crippen LogP contribution in [0.15, 0.2) is 30.3 Å². The summed E-state index contributed by atoms with van der Waals surface area (Å²) in [4.78, 5) is 23.7. The van der Waals surface area contributed by atoms with Crippen LogP contribution in [0.4, 0.5) is 0 Å². The summed E-state index contributed by atoms with van der Waals surface area (Å²) < 4.78 is 0. The normalized spacial score (nSPS) is 17.0. The molecule has 0 bridgehead atoms. The predicted octanol–water partition coefficient (Wildman–Crippen LogP) is -0.0466. The van der Waals surface area contributed by atoms with Crippen molar-refractivity contribution in [3.63, 3.8) is 0 Å². The third-order valence-corrected chi connectivity index (χ3v) is 3.96.